The van der Waals surface area contributed by atoms with Gasteiger partial charge in [-0.1, -0.05) is 13.3 Å². The van der Waals surface area contributed by atoms with Gasteiger partial charge in [-0.3, -0.25) is 9.59 Å². The molecule has 2 rings (SSSR count). The van der Waals surface area contributed by atoms with Gasteiger partial charge in [-0.05, 0) is 45.1 Å². The van der Waals surface area contributed by atoms with E-state index >= 15 is 0 Å². The van der Waals surface area contributed by atoms with Gasteiger partial charge in [0.25, 0.3) is 0 Å². The first kappa shape index (κ1) is 14.3. The van der Waals surface area contributed by atoms with Crippen molar-refractivity contribution >= 4 is 11.9 Å². The number of hydrogen-bond donors (Lipinski definition) is 3. The highest BCUT2D eigenvalue weighted by atomic mass is 16.4. The molecule has 1 heterocycles. The third-order valence-electron chi connectivity index (χ3n) is 4.53. The topological polar surface area (TPSA) is 78.4 Å². The van der Waals surface area contributed by atoms with E-state index in [1.807, 2.05) is 0 Å². The van der Waals surface area contributed by atoms with Crippen LogP contribution in [0.1, 0.15) is 58.3 Å². The molecule has 5 nitrogen and oxygen atoms in total. The predicted molar refractivity (Wildman–Crippen MR) is 71.9 cm³/mol. The Kier molecular flexibility index (Phi) is 4.13. The van der Waals surface area contributed by atoms with E-state index in [9.17, 15) is 9.59 Å². The summed E-state index contributed by atoms with van der Waals surface area (Å²) in [5.74, 6) is -0.822. The van der Waals surface area contributed by atoms with E-state index in [1.54, 1.807) is 0 Å². The fourth-order valence-corrected chi connectivity index (χ4v) is 3.35. The molecule has 1 amide bonds. The van der Waals surface area contributed by atoms with Crippen LogP contribution in [0.25, 0.3) is 0 Å². The summed E-state index contributed by atoms with van der Waals surface area (Å²) in [6, 6.07) is 0. The molecule has 1 aliphatic heterocycles. The van der Waals surface area contributed by atoms with E-state index in [2.05, 4.69) is 17.6 Å². The summed E-state index contributed by atoms with van der Waals surface area (Å²) in [4.78, 5) is 23.5. The van der Waals surface area contributed by atoms with Crippen molar-refractivity contribution in [3.05, 3.63) is 0 Å². The van der Waals surface area contributed by atoms with Crippen molar-refractivity contribution in [2.75, 3.05) is 6.54 Å². The second-order valence-electron chi connectivity index (χ2n) is 6.02. The summed E-state index contributed by atoms with van der Waals surface area (Å²) in [5.41, 5.74) is -0.955. The number of hydrogen-bond acceptors (Lipinski definition) is 3. The van der Waals surface area contributed by atoms with Gasteiger partial charge in [-0.2, -0.15) is 0 Å². The zero-order valence-electron chi connectivity index (χ0n) is 11.6. The lowest BCUT2D eigenvalue weighted by Crippen LogP contribution is -2.62. The van der Waals surface area contributed by atoms with Crippen LogP contribution in [-0.4, -0.2) is 34.6 Å². The van der Waals surface area contributed by atoms with Gasteiger partial charge >= 0.3 is 5.97 Å². The van der Waals surface area contributed by atoms with Gasteiger partial charge < -0.3 is 15.7 Å². The van der Waals surface area contributed by atoms with Crippen molar-refractivity contribution in [1.82, 2.24) is 10.6 Å². The number of carboxylic acids is 1. The van der Waals surface area contributed by atoms with Crippen molar-refractivity contribution in [3.8, 4) is 0 Å². The third kappa shape index (κ3) is 2.91. The van der Waals surface area contributed by atoms with Crippen molar-refractivity contribution in [2.24, 2.45) is 0 Å². The van der Waals surface area contributed by atoms with E-state index in [1.165, 1.54) is 0 Å². The van der Waals surface area contributed by atoms with Crippen LogP contribution in [0.3, 0.4) is 0 Å². The minimum Gasteiger partial charge on any atom is -0.481 e. The molecule has 1 saturated heterocycles. The minimum atomic E-state index is -0.830. The highest BCUT2D eigenvalue weighted by molar-refractivity contribution is 5.88. The molecule has 0 bridgehead atoms. The lowest BCUT2D eigenvalue weighted by molar-refractivity contribution is -0.141. The van der Waals surface area contributed by atoms with Gasteiger partial charge in [0.15, 0.2) is 0 Å². The Morgan fingerprint density at radius 1 is 1.26 bits per heavy atom. The Balaban J connectivity index is 2.04. The molecule has 1 atom stereocenters. The smallest absolute Gasteiger partial charge is 0.305 e. The molecule has 19 heavy (non-hydrogen) atoms. The van der Waals surface area contributed by atoms with Crippen LogP contribution in [0.4, 0.5) is 0 Å². The van der Waals surface area contributed by atoms with Gasteiger partial charge in [-0.15, -0.1) is 0 Å². The van der Waals surface area contributed by atoms with E-state index in [4.69, 9.17) is 5.11 Å². The number of aliphatic carboxylic acids is 1. The average Bonchev–Trinajstić information content (AvgIpc) is 2.75. The average molecular weight is 268 g/mol. The maximum Gasteiger partial charge on any atom is 0.305 e. The largest absolute Gasteiger partial charge is 0.481 e. The first-order valence-corrected chi connectivity index (χ1v) is 7.31. The zero-order valence-corrected chi connectivity index (χ0v) is 11.6. The Morgan fingerprint density at radius 2 is 2.00 bits per heavy atom. The molecule has 0 aromatic heterocycles. The minimum absolute atomic E-state index is 0.00722. The number of carbonyl (C=O) groups is 2. The summed E-state index contributed by atoms with van der Waals surface area (Å²) >= 11 is 0. The third-order valence-corrected chi connectivity index (χ3v) is 4.53. The molecular weight excluding hydrogens is 244 g/mol. The number of amides is 1. The quantitative estimate of drug-likeness (QED) is 0.681. The molecule has 0 aromatic carbocycles. The van der Waals surface area contributed by atoms with Gasteiger partial charge in [0.05, 0.1) is 17.5 Å². The number of carbonyl (C=O) groups excluding carboxylic acids is 1. The first-order chi connectivity index (χ1) is 9.02. The van der Waals surface area contributed by atoms with Crippen LogP contribution in [0.15, 0.2) is 0 Å². The monoisotopic (exact) mass is 268 g/mol. The molecule has 1 saturated carbocycles. The van der Waals surface area contributed by atoms with Crippen LogP contribution in [0, 0.1) is 0 Å². The molecule has 2 aliphatic rings. The van der Waals surface area contributed by atoms with E-state index in [-0.39, 0.29) is 12.3 Å². The zero-order chi connectivity index (χ0) is 13.9. The standard InChI is InChI=1S/C14H24N2O3/c1-2-5-14(8-4-9-15-14)12(19)16-13(6-3-7-13)10-11(17)18/h15H,2-10H2,1H3,(H,16,19)(H,17,18). The summed E-state index contributed by atoms with van der Waals surface area (Å²) in [7, 11) is 0. The van der Waals surface area contributed by atoms with Gasteiger partial charge in [-0.25, -0.2) is 0 Å². The highest BCUT2D eigenvalue weighted by Gasteiger charge is 2.46. The molecule has 0 radical (unpaired) electrons. The van der Waals surface area contributed by atoms with Crippen LogP contribution in [0.5, 0.6) is 0 Å². The maximum absolute atomic E-state index is 12.6. The second kappa shape index (κ2) is 5.49. The molecular formula is C14H24N2O3. The first-order valence-electron chi connectivity index (χ1n) is 7.31. The van der Waals surface area contributed by atoms with Gasteiger partial charge in [0.2, 0.25) is 5.91 Å². The highest BCUT2D eigenvalue weighted by Crippen LogP contribution is 2.36. The molecule has 0 spiro atoms. The van der Waals surface area contributed by atoms with E-state index < -0.39 is 17.0 Å². The van der Waals surface area contributed by atoms with Crippen LogP contribution < -0.4 is 10.6 Å². The molecule has 3 N–H and O–H groups in total. The SMILES string of the molecule is CCCC1(C(=O)NC2(CC(=O)O)CCC2)CCCN1. The van der Waals surface area contributed by atoms with Crippen molar-refractivity contribution < 1.29 is 14.7 Å². The molecule has 1 unspecified atom stereocenters. The summed E-state index contributed by atoms with van der Waals surface area (Å²) in [5, 5.41) is 15.4. The molecule has 0 aromatic rings. The Hall–Kier alpha value is -1.10. The predicted octanol–water partition coefficient (Wildman–Crippen LogP) is 1.42. The molecule has 5 heteroatoms. The van der Waals surface area contributed by atoms with E-state index in [0.29, 0.717) is 0 Å². The van der Waals surface area contributed by atoms with Crippen LogP contribution in [0.2, 0.25) is 0 Å². The maximum atomic E-state index is 12.6. The lowest BCUT2D eigenvalue weighted by atomic mass is 9.73. The molecule has 2 fully saturated rings. The van der Waals surface area contributed by atoms with Crippen LogP contribution >= 0.6 is 0 Å². The van der Waals surface area contributed by atoms with Gasteiger partial charge in [0, 0.05) is 0 Å². The van der Waals surface area contributed by atoms with Gasteiger partial charge in [0.1, 0.15) is 0 Å². The molecule has 108 valence electrons. The lowest BCUT2D eigenvalue weighted by Gasteiger charge is -2.44. The number of rotatable bonds is 6. The summed E-state index contributed by atoms with van der Waals surface area (Å²) in [6.45, 7) is 2.95. The Morgan fingerprint density at radius 3 is 2.42 bits per heavy atom. The normalized spacial score (nSPS) is 28.7. The Bertz CT molecular complexity index is 358. The fourth-order valence-electron chi connectivity index (χ4n) is 3.35. The van der Waals surface area contributed by atoms with Crippen LogP contribution in [-0.2, 0) is 9.59 Å². The van der Waals surface area contributed by atoms with Crippen molar-refractivity contribution in [1.29, 1.82) is 0 Å². The number of nitrogens with one attached hydrogen (secondary N) is 2. The number of carboxylic acid groups (broad SMARTS) is 1. The summed E-state index contributed by atoms with van der Waals surface area (Å²) in [6.07, 6.45) is 6.26. The Labute approximate surface area is 114 Å². The summed E-state index contributed by atoms with van der Waals surface area (Å²) < 4.78 is 0. The van der Waals surface area contributed by atoms with Crippen molar-refractivity contribution in [2.45, 2.75) is 69.4 Å². The second-order valence-corrected chi connectivity index (χ2v) is 6.02. The fraction of sp³-hybridized carbons (Fsp3) is 0.857. The van der Waals surface area contributed by atoms with E-state index in [0.717, 1.165) is 51.5 Å². The van der Waals surface area contributed by atoms with Crippen molar-refractivity contribution in [3.63, 3.8) is 0 Å². The molecule has 1 aliphatic carbocycles.